The van der Waals surface area contributed by atoms with Crippen molar-refractivity contribution >= 4 is 29.1 Å². The van der Waals surface area contributed by atoms with Gasteiger partial charge >= 0.3 is 6.03 Å². The van der Waals surface area contributed by atoms with Crippen molar-refractivity contribution in [1.29, 1.82) is 5.26 Å². The van der Waals surface area contributed by atoms with Crippen molar-refractivity contribution in [1.82, 2.24) is 4.90 Å². The molecule has 108 valence electrons. The topological polar surface area (TPSA) is 64.4 Å². The molecule has 6 heteroatoms. The third kappa shape index (κ3) is 1.83. The number of halogens is 1. The monoisotopic (exact) mass is 303 g/mol. The van der Waals surface area contributed by atoms with Gasteiger partial charge in [0.15, 0.2) is 5.78 Å². The van der Waals surface area contributed by atoms with Crippen molar-refractivity contribution in [2.45, 2.75) is 32.4 Å². The van der Waals surface area contributed by atoms with Gasteiger partial charge in [0.2, 0.25) is 0 Å². The van der Waals surface area contributed by atoms with Crippen molar-refractivity contribution < 1.29 is 9.59 Å². The van der Waals surface area contributed by atoms with Crippen LogP contribution in [0.2, 0.25) is 5.02 Å². The molecule has 2 amide bonds. The quantitative estimate of drug-likeness (QED) is 0.800. The highest BCUT2D eigenvalue weighted by Gasteiger charge is 2.51. The molecular formula is C15H14ClN3O2. The van der Waals surface area contributed by atoms with E-state index in [1.54, 1.807) is 28.9 Å². The molecule has 2 fully saturated rings. The van der Waals surface area contributed by atoms with E-state index in [9.17, 15) is 9.59 Å². The van der Waals surface area contributed by atoms with Gasteiger partial charge in [-0.15, -0.1) is 0 Å². The molecule has 0 N–H and O–H groups in total. The van der Waals surface area contributed by atoms with Crippen LogP contribution in [0.4, 0.5) is 10.5 Å². The Bertz CT molecular complexity index is 695. The lowest BCUT2D eigenvalue weighted by Gasteiger charge is -2.24. The number of ketones is 1. The van der Waals surface area contributed by atoms with E-state index >= 15 is 0 Å². The maximum absolute atomic E-state index is 12.6. The number of carbonyl (C=O) groups is 2. The van der Waals surface area contributed by atoms with Gasteiger partial charge in [0, 0.05) is 13.0 Å². The van der Waals surface area contributed by atoms with Gasteiger partial charge in [-0.05, 0) is 31.5 Å². The van der Waals surface area contributed by atoms with Crippen LogP contribution in [0.15, 0.2) is 12.1 Å². The van der Waals surface area contributed by atoms with Crippen molar-refractivity contribution in [2.75, 3.05) is 11.4 Å². The summed E-state index contributed by atoms with van der Waals surface area (Å²) in [6, 6.07) is 4.59. The van der Waals surface area contributed by atoms with E-state index in [1.807, 2.05) is 13.0 Å². The number of fused-ring (bicyclic) bond motifs is 1. The molecule has 0 spiro atoms. The number of anilines is 1. The number of hydrogen-bond acceptors (Lipinski definition) is 3. The Labute approximate surface area is 127 Å². The van der Waals surface area contributed by atoms with Crippen LogP contribution < -0.4 is 4.90 Å². The minimum atomic E-state index is -0.369. The van der Waals surface area contributed by atoms with Gasteiger partial charge in [-0.1, -0.05) is 11.6 Å². The Kier molecular flexibility index (Phi) is 3.14. The number of urea groups is 1. The Balaban J connectivity index is 2.06. The number of benzene rings is 1. The standard InChI is InChI=1S/C15H14ClN3O2/c1-8-11(4-3-10(7-17)13(8)16)19-9(2)14-12(20)5-6-18(14)15(19)21/h3-4,9,14H,5-6H2,1-2H3/t9-,14+/m1/s1. The molecule has 3 rings (SSSR count). The third-order valence-corrected chi connectivity index (χ3v) is 4.81. The lowest BCUT2D eigenvalue weighted by atomic mass is 10.0. The average molecular weight is 304 g/mol. The molecule has 1 aromatic carbocycles. The van der Waals surface area contributed by atoms with Crippen LogP contribution in [0.25, 0.3) is 0 Å². The van der Waals surface area contributed by atoms with Gasteiger partial charge in [0.1, 0.15) is 12.1 Å². The second-order valence-electron chi connectivity index (χ2n) is 5.43. The van der Waals surface area contributed by atoms with E-state index in [2.05, 4.69) is 0 Å². The Morgan fingerprint density at radius 2 is 2.10 bits per heavy atom. The smallest absolute Gasteiger partial charge is 0.312 e. The summed E-state index contributed by atoms with van der Waals surface area (Å²) in [7, 11) is 0. The number of carbonyl (C=O) groups excluding carboxylic acids is 2. The largest absolute Gasteiger partial charge is 0.325 e. The minimum Gasteiger partial charge on any atom is -0.312 e. The highest BCUT2D eigenvalue weighted by molar-refractivity contribution is 6.33. The molecule has 5 nitrogen and oxygen atoms in total. The molecule has 0 bridgehead atoms. The molecule has 0 unspecified atom stereocenters. The first kappa shape index (κ1) is 13.9. The SMILES string of the molecule is Cc1c(N2C(=O)N3CCC(=O)[C@@H]3[C@H]2C)ccc(C#N)c1Cl. The first-order valence-corrected chi connectivity index (χ1v) is 7.17. The normalized spacial score (nSPS) is 24.5. The average Bonchev–Trinajstić information content (AvgIpc) is 2.95. The summed E-state index contributed by atoms with van der Waals surface area (Å²) in [5, 5.41) is 9.36. The molecule has 0 aromatic heterocycles. The molecule has 0 aliphatic carbocycles. The van der Waals surface area contributed by atoms with E-state index in [4.69, 9.17) is 16.9 Å². The summed E-state index contributed by atoms with van der Waals surface area (Å²) >= 11 is 6.18. The number of amides is 2. The van der Waals surface area contributed by atoms with Crippen LogP contribution in [0, 0.1) is 18.3 Å². The van der Waals surface area contributed by atoms with Crippen LogP contribution in [-0.2, 0) is 4.79 Å². The van der Waals surface area contributed by atoms with E-state index in [1.165, 1.54) is 0 Å². The molecule has 2 aliphatic rings. The lowest BCUT2D eigenvalue weighted by Crippen LogP contribution is -2.37. The number of nitrogens with zero attached hydrogens (tertiary/aromatic N) is 3. The molecule has 2 atom stereocenters. The maximum Gasteiger partial charge on any atom is 0.325 e. The van der Waals surface area contributed by atoms with Gasteiger partial charge < -0.3 is 4.90 Å². The van der Waals surface area contributed by atoms with Gasteiger partial charge in [-0.2, -0.15) is 5.26 Å². The first-order valence-electron chi connectivity index (χ1n) is 6.79. The Morgan fingerprint density at radius 1 is 1.38 bits per heavy atom. The summed E-state index contributed by atoms with van der Waals surface area (Å²) in [6.45, 7) is 4.13. The second kappa shape index (κ2) is 4.74. The Morgan fingerprint density at radius 3 is 2.71 bits per heavy atom. The van der Waals surface area contributed by atoms with Crippen molar-refractivity contribution in [2.24, 2.45) is 0 Å². The van der Waals surface area contributed by atoms with Crippen LogP contribution in [0.3, 0.4) is 0 Å². The summed E-state index contributed by atoms with van der Waals surface area (Å²) in [5.41, 5.74) is 1.73. The second-order valence-corrected chi connectivity index (χ2v) is 5.81. The van der Waals surface area contributed by atoms with E-state index < -0.39 is 0 Å². The van der Waals surface area contributed by atoms with Crippen LogP contribution >= 0.6 is 11.6 Å². The predicted octanol–water partition coefficient (Wildman–Crippen LogP) is 2.49. The van der Waals surface area contributed by atoms with E-state index in [0.717, 1.165) is 0 Å². The highest BCUT2D eigenvalue weighted by atomic mass is 35.5. The van der Waals surface area contributed by atoms with Crippen LogP contribution in [-0.4, -0.2) is 35.3 Å². The molecule has 21 heavy (non-hydrogen) atoms. The highest BCUT2D eigenvalue weighted by Crippen LogP contribution is 2.37. The van der Waals surface area contributed by atoms with Gasteiger partial charge in [-0.25, -0.2) is 4.79 Å². The number of hydrogen-bond donors (Lipinski definition) is 0. The van der Waals surface area contributed by atoms with Gasteiger partial charge in [0.25, 0.3) is 0 Å². The summed E-state index contributed by atoms with van der Waals surface area (Å²) in [4.78, 5) is 27.7. The maximum atomic E-state index is 12.6. The third-order valence-electron chi connectivity index (χ3n) is 4.32. The number of rotatable bonds is 1. The fourth-order valence-corrected chi connectivity index (χ4v) is 3.44. The van der Waals surface area contributed by atoms with Crippen molar-refractivity contribution in [3.05, 3.63) is 28.3 Å². The summed E-state index contributed by atoms with van der Waals surface area (Å²) < 4.78 is 0. The van der Waals surface area contributed by atoms with Gasteiger partial charge in [-0.3, -0.25) is 9.69 Å². The fraction of sp³-hybridized carbons (Fsp3) is 0.400. The molecule has 2 aliphatic heterocycles. The predicted molar refractivity (Wildman–Crippen MR) is 78.4 cm³/mol. The zero-order valence-corrected chi connectivity index (χ0v) is 12.5. The van der Waals surface area contributed by atoms with Crippen molar-refractivity contribution in [3.63, 3.8) is 0 Å². The first-order chi connectivity index (χ1) is 9.97. The lowest BCUT2D eigenvalue weighted by molar-refractivity contribution is -0.119. The van der Waals surface area contributed by atoms with Crippen LogP contribution in [0.1, 0.15) is 24.5 Å². The fourth-order valence-electron chi connectivity index (χ4n) is 3.23. The molecule has 0 saturated carbocycles. The molecule has 2 heterocycles. The molecular weight excluding hydrogens is 290 g/mol. The molecule has 2 saturated heterocycles. The van der Waals surface area contributed by atoms with Gasteiger partial charge in [0.05, 0.1) is 22.3 Å². The Hall–Kier alpha value is -2.06. The van der Waals surface area contributed by atoms with Crippen molar-refractivity contribution in [3.8, 4) is 6.07 Å². The van der Waals surface area contributed by atoms with E-state index in [0.29, 0.717) is 34.8 Å². The number of nitriles is 1. The molecule has 1 aromatic rings. The minimum absolute atomic E-state index is 0.107. The number of Topliss-reactive ketones (excluding diaryl/α,β-unsaturated/α-hetero) is 1. The zero-order chi connectivity index (χ0) is 15.3. The van der Waals surface area contributed by atoms with Crippen LogP contribution in [0.5, 0.6) is 0 Å². The summed E-state index contributed by atoms with van der Waals surface area (Å²) in [5.74, 6) is 0.107. The molecule has 0 radical (unpaired) electrons. The zero-order valence-electron chi connectivity index (χ0n) is 11.8. The van der Waals surface area contributed by atoms with E-state index in [-0.39, 0.29) is 23.9 Å². The summed E-state index contributed by atoms with van der Waals surface area (Å²) in [6.07, 6.45) is 0.432.